The van der Waals surface area contributed by atoms with Crippen LogP contribution in [0.5, 0.6) is 0 Å². The van der Waals surface area contributed by atoms with Crippen LogP contribution in [0.4, 0.5) is 11.6 Å². The number of amides is 1. The van der Waals surface area contributed by atoms with E-state index in [1.54, 1.807) is 36.4 Å². The average Bonchev–Trinajstić information content (AvgIpc) is 3.23. The molecule has 4 rings (SSSR count). The number of fused-ring (bicyclic) bond motifs is 1. The third-order valence-electron chi connectivity index (χ3n) is 4.31. The van der Waals surface area contributed by atoms with Gasteiger partial charge in [0.15, 0.2) is 0 Å². The van der Waals surface area contributed by atoms with Gasteiger partial charge in [0.05, 0.1) is 40.1 Å². The molecule has 2 aromatic carbocycles. The second kappa shape index (κ2) is 7.67. The summed E-state index contributed by atoms with van der Waals surface area (Å²) in [5.41, 5.74) is 14.6. The minimum absolute atomic E-state index is 0.122. The number of nitrogens with zero attached hydrogens (tertiary/aromatic N) is 3. The number of H-pyrrole nitrogens is 1. The van der Waals surface area contributed by atoms with Crippen LogP contribution in [0.1, 0.15) is 11.7 Å². The quantitative estimate of drug-likeness (QED) is 0.393. The monoisotopic (exact) mass is 427 g/mol. The Morgan fingerprint density at radius 2 is 1.97 bits per heavy atom. The fourth-order valence-corrected chi connectivity index (χ4v) is 3.23. The van der Waals surface area contributed by atoms with Gasteiger partial charge >= 0.3 is 0 Å². The number of carbonyl (C=O) groups excluding carboxylic acids is 1. The van der Waals surface area contributed by atoms with Crippen LogP contribution in [0.2, 0.25) is 10.0 Å². The molecule has 0 saturated heterocycles. The number of nitrogens with one attached hydrogen (secondary N) is 2. The lowest BCUT2D eigenvalue weighted by atomic mass is 10.1. The molecule has 0 fully saturated rings. The first kappa shape index (κ1) is 19.1. The van der Waals surface area contributed by atoms with E-state index in [0.717, 1.165) is 5.39 Å². The molecule has 2 heterocycles. The molecule has 29 heavy (non-hydrogen) atoms. The van der Waals surface area contributed by atoms with Crippen LogP contribution in [0, 0.1) is 0 Å². The zero-order valence-electron chi connectivity index (χ0n) is 14.9. The average molecular weight is 428 g/mol. The van der Waals surface area contributed by atoms with Crippen LogP contribution < -0.4 is 16.8 Å². The number of hydrogen-bond acceptors (Lipinski definition) is 6. The normalized spacial score (nSPS) is 12.1. The van der Waals surface area contributed by atoms with Gasteiger partial charge in [-0.05, 0) is 30.3 Å². The molecule has 10 heteroatoms. The van der Waals surface area contributed by atoms with Gasteiger partial charge in [0.25, 0.3) is 0 Å². The minimum Gasteiger partial charge on any atom is -0.368 e. The molecule has 2 aromatic heterocycles. The minimum atomic E-state index is -0.924. The standard InChI is InChI=1S/C19H15Cl2N7O/c20-10-2-4-13-11(6-10)17(28-19(23)27-13)9-1-3-12(21)14(5-9)26-18(29)16(22)15-7-24-8-25-15/h1-8,16H,22H2,(H,24,25)(H,26,29)(H2,23,27,28). The number of imidazole rings is 1. The van der Waals surface area contributed by atoms with E-state index in [9.17, 15) is 4.79 Å². The lowest BCUT2D eigenvalue weighted by Gasteiger charge is -2.14. The zero-order valence-corrected chi connectivity index (χ0v) is 16.4. The van der Waals surface area contributed by atoms with Crippen molar-refractivity contribution in [1.82, 2.24) is 19.9 Å². The highest BCUT2D eigenvalue weighted by atomic mass is 35.5. The Labute approximate surface area is 175 Å². The molecular weight excluding hydrogens is 413 g/mol. The predicted molar refractivity (Wildman–Crippen MR) is 114 cm³/mol. The molecule has 4 aromatic rings. The molecule has 6 N–H and O–H groups in total. The van der Waals surface area contributed by atoms with E-state index in [1.165, 1.54) is 12.5 Å². The summed E-state index contributed by atoms with van der Waals surface area (Å²) in [6, 6.07) is 9.45. The first-order chi connectivity index (χ1) is 13.9. The molecule has 8 nitrogen and oxygen atoms in total. The number of hydrogen-bond donors (Lipinski definition) is 4. The van der Waals surface area contributed by atoms with Crippen molar-refractivity contribution in [3.63, 3.8) is 0 Å². The highest BCUT2D eigenvalue weighted by Gasteiger charge is 2.19. The number of aromatic nitrogens is 4. The van der Waals surface area contributed by atoms with Crippen LogP contribution in [-0.2, 0) is 4.79 Å². The maximum Gasteiger partial charge on any atom is 0.247 e. The summed E-state index contributed by atoms with van der Waals surface area (Å²) >= 11 is 12.4. The van der Waals surface area contributed by atoms with Gasteiger partial charge in [-0.3, -0.25) is 4.79 Å². The van der Waals surface area contributed by atoms with Crippen LogP contribution in [-0.4, -0.2) is 25.8 Å². The number of aromatic amines is 1. The summed E-state index contributed by atoms with van der Waals surface area (Å²) in [6.07, 6.45) is 2.94. The van der Waals surface area contributed by atoms with E-state index < -0.39 is 11.9 Å². The Bertz CT molecular complexity index is 1210. The van der Waals surface area contributed by atoms with Gasteiger partial charge in [-0.25, -0.2) is 15.0 Å². The Kier molecular flexibility index (Phi) is 5.06. The fourth-order valence-electron chi connectivity index (χ4n) is 2.90. The molecule has 1 atom stereocenters. The summed E-state index contributed by atoms with van der Waals surface area (Å²) in [5, 5.41) is 4.35. The molecule has 0 aliphatic heterocycles. The maximum absolute atomic E-state index is 12.5. The van der Waals surface area contributed by atoms with Crippen molar-refractivity contribution in [1.29, 1.82) is 0 Å². The molecule has 1 unspecified atom stereocenters. The zero-order chi connectivity index (χ0) is 20.5. The SMILES string of the molecule is Nc1nc(-c2ccc(Cl)c(NC(=O)C(N)c3cnc[nH]3)c2)c2cc(Cl)ccc2n1. The fraction of sp³-hybridized carbons (Fsp3) is 0.0526. The largest absolute Gasteiger partial charge is 0.368 e. The number of nitrogens with two attached hydrogens (primary N) is 2. The van der Waals surface area contributed by atoms with Gasteiger partial charge < -0.3 is 21.8 Å². The Hall–Kier alpha value is -3.20. The van der Waals surface area contributed by atoms with Crippen molar-refractivity contribution in [2.75, 3.05) is 11.1 Å². The molecule has 0 bridgehead atoms. The van der Waals surface area contributed by atoms with E-state index in [0.29, 0.717) is 38.2 Å². The van der Waals surface area contributed by atoms with Crippen LogP contribution >= 0.6 is 23.2 Å². The number of benzene rings is 2. The Morgan fingerprint density at radius 1 is 1.14 bits per heavy atom. The summed E-state index contributed by atoms with van der Waals surface area (Å²) in [4.78, 5) is 27.8. The van der Waals surface area contributed by atoms with Gasteiger partial charge in [-0.1, -0.05) is 29.3 Å². The van der Waals surface area contributed by atoms with Gasteiger partial charge in [0, 0.05) is 16.0 Å². The summed E-state index contributed by atoms with van der Waals surface area (Å²) in [6.45, 7) is 0. The van der Waals surface area contributed by atoms with Crippen molar-refractivity contribution in [2.45, 2.75) is 6.04 Å². The molecule has 146 valence electrons. The molecule has 0 radical (unpaired) electrons. The van der Waals surface area contributed by atoms with E-state index in [4.69, 9.17) is 34.7 Å². The van der Waals surface area contributed by atoms with Gasteiger partial charge in [0.2, 0.25) is 11.9 Å². The first-order valence-corrected chi connectivity index (χ1v) is 9.25. The van der Waals surface area contributed by atoms with E-state index in [-0.39, 0.29) is 5.95 Å². The van der Waals surface area contributed by atoms with Crippen molar-refractivity contribution < 1.29 is 4.79 Å². The number of halogens is 2. The molecule has 0 saturated carbocycles. The van der Waals surface area contributed by atoms with Crippen molar-refractivity contribution in [3.05, 3.63) is 64.7 Å². The van der Waals surface area contributed by atoms with Crippen LogP contribution in [0.25, 0.3) is 22.2 Å². The molecule has 0 aliphatic rings. The Morgan fingerprint density at radius 3 is 2.72 bits per heavy atom. The van der Waals surface area contributed by atoms with E-state index in [2.05, 4.69) is 25.3 Å². The second-order valence-electron chi connectivity index (χ2n) is 6.26. The predicted octanol–water partition coefficient (Wildman–Crippen LogP) is 3.55. The smallest absolute Gasteiger partial charge is 0.247 e. The number of carbonyl (C=O) groups is 1. The summed E-state index contributed by atoms with van der Waals surface area (Å²) in [5.74, 6) is -0.319. The highest BCUT2D eigenvalue weighted by Crippen LogP contribution is 2.33. The van der Waals surface area contributed by atoms with Gasteiger partial charge in [-0.15, -0.1) is 0 Å². The molecule has 1 amide bonds. The number of nitrogen functional groups attached to an aromatic ring is 1. The maximum atomic E-state index is 12.5. The third kappa shape index (κ3) is 3.86. The highest BCUT2D eigenvalue weighted by molar-refractivity contribution is 6.34. The Balaban J connectivity index is 1.73. The van der Waals surface area contributed by atoms with Crippen molar-refractivity contribution >= 4 is 51.6 Å². The molecule has 0 spiro atoms. The van der Waals surface area contributed by atoms with E-state index in [1.807, 2.05) is 0 Å². The second-order valence-corrected chi connectivity index (χ2v) is 7.10. The lowest BCUT2D eigenvalue weighted by molar-refractivity contribution is -0.117. The summed E-state index contributed by atoms with van der Waals surface area (Å²) < 4.78 is 0. The first-order valence-electron chi connectivity index (χ1n) is 8.50. The van der Waals surface area contributed by atoms with Crippen LogP contribution in [0.15, 0.2) is 48.9 Å². The summed E-state index contributed by atoms with van der Waals surface area (Å²) in [7, 11) is 0. The molecular formula is C19H15Cl2N7O. The third-order valence-corrected chi connectivity index (χ3v) is 4.87. The number of rotatable bonds is 4. The van der Waals surface area contributed by atoms with E-state index >= 15 is 0 Å². The molecule has 0 aliphatic carbocycles. The van der Waals surface area contributed by atoms with Crippen molar-refractivity contribution in [2.24, 2.45) is 5.73 Å². The van der Waals surface area contributed by atoms with Crippen molar-refractivity contribution in [3.8, 4) is 11.3 Å². The number of anilines is 2. The van der Waals surface area contributed by atoms with Gasteiger partial charge in [-0.2, -0.15) is 0 Å². The topological polar surface area (TPSA) is 136 Å². The lowest BCUT2D eigenvalue weighted by Crippen LogP contribution is -2.28. The van der Waals surface area contributed by atoms with Crippen LogP contribution in [0.3, 0.4) is 0 Å². The van der Waals surface area contributed by atoms with Gasteiger partial charge in [0.1, 0.15) is 6.04 Å².